The van der Waals surface area contributed by atoms with Gasteiger partial charge in [0.1, 0.15) is 23.0 Å². The lowest BCUT2D eigenvalue weighted by molar-refractivity contribution is 0.414. The number of nitrogens with zero attached hydrogens (tertiary/aromatic N) is 2. The number of hydrogen-bond donors (Lipinski definition) is 0. The van der Waals surface area contributed by atoms with E-state index in [4.69, 9.17) is 18.9 Å². The minimum Gasteiger partial charge on any atom is -0.497 e. The van der Waals surface area contributed by atoms with Gasteiger partial charge in [-0.25, -0.2) is 0 Å². The first kappa shape index (κ1) is 31.7. The Morgan fingerprint density at radius 3 is 0.667 bits per heavy atom. The molecule has 48 heavy (non-hydrogen) atoms. The Hall–Kier alpha value is -6.32. The van der Waals surface area contributed by atoms with Gasteiger partial charge < -0.3 is 28.7 Å². The van der Waals surface area contributed by atoms with Crippen molar-refractivity contribution in [1.29, 1.82) is 0 Å². The van der Waals surface area contributed by atoms with Crippen LogP contribution in [0.15, 0.2) is 146 Å². The van der Waals surface area contributed by atoms with Gasteiger partial charge in [0.2, 0.25) is 0 Å². The van der Waals surface area contributed by atoms with Crippen molar-refractivity contribution in [2.75, 3.05) is 38.2 Å². The molecule has 0 saturated carbocycles. The monoisotopic (exact) mass is 632 g/mol. The minimum absolute atomic E-state index is 0.807. The van der Waals surface area contributed by atoms with E-state index in [9.17, 15) is 0 Å². The van der Waals surface area contributed by atoms with Crippen molar-refractivity contribution in [1.82, 2.24) is 0 Å². The van der Waals surface area contributed by atoms with Crippen LogP contribution in [0.3, 0.4) is 0 Å². The Bertz CT molecular complexity index is 1740. The largest absolute Gasteiger partial charge is 0.497 e. The molecule has 0 radical (unpaired) electrons. The molecule has 0 amide bonds. The number of rotatable bonds is 10. The lowest BCUT2D eigenvalue weighted by atomic mass is 10.1. The van der Waals surface area contributed by atoms with Crippen LogP contribution in [0, 0.1) is 11.8 Å². The summed E-state index contributed by atoms with van der Waals surface area (Å²) >= 11 is 0. The molecule has 0 aliphatic rings. The maximum atomic E-state index is 5.38. The fraction of sp³-hybridized carbons (Fsp3) is 0.0952. The zero-order valence-corrected chi connectivity index (χ0v) is 27.4. The van der Waals surface area contributed by atoms with Gasteiger partial charge >= 0.3 is 0 Å². The fourth-order valence-electron chi connectivity index (χ4n) is 5.35. The molecule has 6 rings (SSSR count). The first-order valence-electron chi connectivity index (χ1n) is 15.5. The van der Waals surface area contributed by atoms with Crippen LogP contribution < -0.4 is 28.7 Å². The summed E-state index contributed by atoms with van der Waals surface area (Å²) in [5.74, 6) is 9.89. The minimum atomic E-state index is 0.807. The number of ether oxygens (including phenoxy) is 4. The van der Waals surface area contributed by atoms with Crippen LogP contribution in [0.4, 0.5) is 34.1 Å². The molecule has 0 unspecified atom stereocenters. The van der Waals surface area contributed by atoms with Crippen molar-refractivity contribution in [3.8, 4) is 34.8 Å². The molecule has 0 aromatic heterocycles. The van der Waals surface area contributed by atoms with E-state index in [0.29, 0.717) is 0 Å². The van der Waals surface area contributed by atoms with Crippen molar-refractivity contribution in [3.63, 3.8) is 0 Å². The number of methoxy groups -OCH3 is 4. The highest BCUT2D eigenvalue weighted by Crippen LogP contribution is 2.37. The molecule has 0 bridgehead atoms. The second-order valence-corrected chi connectivity index (χ2v) is 10.8. The van der Waals surface area contributed by atoms with Crippen LogP contribution in [0.5, 0.6) is 23.0 Å². The predicted molar refractivity (Wildman–Crippen MR) is 194 cm³/mol. The van der Waals surface area contributed by atoms with Crippen molar-refractivity contribution in [2.45, 2.75) is 0 Å². The van der Waals surface area contributed by atoms with E-state index in [1.165, 1.54) is 0 Å². The summed E-state index contributed by atoms with van der Waals surface area (Å²) in [6.07, 6.45) is 0. The molecule has 0 fully saturated rings. The summed E-state index contributed by atoms with van der Waals surface area (Å²) < 4.78 is 21.5. The molecule has 6 aromatic carbocycles. The van der Waals surface area contributed by atoms with Crippen LogP contribution >= 0.6 is 0 Å². The lowest BCUT2D eigenvalue weighted by Crippen LogP contribution is -2.10. The Labute approximate surface area is 282 Å². The standard InChI is InChI=1S/C42H36N2O4/c1-45-39-23-15-35(16-24-39)43(36-17-25-40(46-2)26-18-36)33-11-7-31(8-12-33)5-6-32-9-13-34(14-10-32)44(37-19-27-41(47-3)28-20-37)38-21-29-42(48-4)30-22-38/h7-30H,1-4H3. The van der Waals surface area contributed by atoms with E-state index >= 15 is 0 Å². The van der Waals surface area contributed by atoms with Crippen LogP contribution in [0.1, 0.15) is 11.1 Å². The lowest BCUT2D eigenvalue weighted by Gasteiger charge is -2.26. The number of anilines is 6. The second kappa shape index (κ2) is 14.8. The Kier molecular flexibility index (Phi) is 9.79. The second-order valence-electron chi connectivity index (χ2n) is 10.8. The molecule has 0 aliphatic heterocycles. The van der Waals surface area contributed by atoms with Gasteiger partial charge in [-0.1, -0.05) is 11.8 Å². The van der Waals surface area contributed by atoms with Crippen molar-refractivity contribution >= 4 is 34.1 Å². The van der Waals surface area contributed by atoms with Gasteiger partial charge in [0.05, 0.1) is 28.4 Å². The van der Waals surface area contributed by atoms with Crippen LogP contribution in [-0.4, -0.2) is 28.4 Å². The topological polar surface area (TPSA) is 43.4 Å². The summed E-state index contributed by atoms with van der Waals surface area (Å²) in [7, 11) is 6.68. The van der Waals surface area contributed by atoms with Crippen LogP contribution in [-0.2, 0) is 0 Å². The maximum Gasteiger partial charge on any atom is 0.119 e. The third-order valence-electron chi connectivity index (χ3n) is 7.92. The van der Waals surface area contributed by atoms with Gasteiger partial charge in [0, 0.05) is 45.3 Å². The highest BCUT2D eigenvalue weighted by Gasteiger charge is 2.14. The van der Waals surface area contributed by atoms with E-state index in [1.807, 2.05) is 121 Å². The molecule has 6 nitrogen and oxygen atoms in total. The van der Waals surface area contributed by atoms with E-state index in [1.54, 1.807) is 28.4 Å². The summed E-state index contributed by atoms with van der Waals surface area (Å²) in [5, 5.41) is 0. The normalized spacial score (nSPS) is 10.3. The van der Waals surface area contributed by atoms with Crippen molar-refractivity contribution < 1.29 is 18.9 Å². The van der Waals surface area contributed by atoms with E-state index < -0.39 is 0 Å². The molecule has 0 heterocycles. The highest BCUT2D eigenvalue weighted by atomic mass is 16.5. The summed E-state index contributed by atoms with van der Waals surface area (Å²) in [4.78, 5) is 4.37. The Morgan fingerprint density at radius 1 is 0.292 bits per heavy atom. The average molecular weight is 633 g/mol. The zero-order valence-electron chi connectivity index (χ0n) is 27.4. The molecule has 0 aliphatic carbocycles. The zero-order chi connectivity index (χ0) is 33.3. The molecule has 0 spiro atoms. The quantitative estimate of drug-likeness (QED) is 0.140. The smallest absolute Gasteiger partial charge is 0.119 e. The molecule has 238 valence electrons. The van der Waals surface area contributed by atoms with E-state index in [2.05, 4.69) is 45.9 Å². The maximum absolute atomic E-state index is 5.38. The van der Waals surface area contributed by atoms with Gasteiger partial charge in [-0.05, 0) is 146 Å². The molecule has 6 heteroatoms. The Balaban J connectivity index is 1.25. The van der Waals surface area contributed by atoms with Crippen LogP contribution in [0.2, 0.25) is 0 Å². The molecule has 6 aromatic rings. The van der Waals surface area contributed by atoms with Crippen molar-refractivity contribution in [2.24, 2.45) is 0 Å². The van der Waals surface area contributed by atoms with Gasteiger partial charge in [0.15, 0.2) is 0 Å². The highest BCUT2D eigenvalue weighted by molar-refractivity contribution is 5.78. The molecular weight excluding hydrogens is 596 g/mol. The SMILES string of the molecule is COc1ccc(N(c2ccc(C#Cc3ccc(N(c4ccc(OC)cc4)c4ccc(OC)cc4)cc3)cc2)c2ccc(OC)cc2)cc1. The molecule has 0 atom stereocenters. The van der Waals surface area contributed by atoms with Gasteiger partial charge in [0.25, 0.3) is 0 Å². The van der Waals surface area contributed by atoms with Gasteiger partial charge in [-0.2, -0.15) is 0 Å². The molecule has 0 N–H and O–H groups in total. The first-order chi connectivity index (χ1) is 23.6. The Morgan fingerprint density at radius 2 is 0.479 bits per heavy atom. The third-order valence-corrected chi connectivity index (χ3v) is 7.92. The molecular formula is C42H36N2O4. The number of hydrogen-bond acceptors (Lipinski definition) is 6. The van der Waals surface area contributed by atoms with E-state index in [0.717, 1.165) is 68.2 Å². The van der Waals surface area contributed by atoms with Crippen LogP contribution in [0.25, 0.3) is 0 Å². The summed E-state index contributed by atoms with van der Waals surface area (Å²) in [6, 6.07) is 48.6. The fourth-order valence-corrected chi connectivity index (χ4v) is 5.35. The first-order valence-corrected chi connectivity index (χ1v) is 15.5. The third kappa shape index (κ3) is 7.22. The predicted octanol–water partition coefficient (Wildman–Crippen LogP) is 10.1. The summed E-state index contributed by atoms with van der Waals surface area (Å²) in [6.45, 7) is 0. The molecule has 0 saturated heterocycles. The summed E-state index contributed by atoms with van der Waals surface area (Å²) in [5.41, 5.74) is 7.92. The van der Waals surface area contributed by atoms with Gasteiger partial charge in [-0.15, -0.1) is 0 Å². The van der Waals surface area contributed by atoms with Crippen molar-refractivity contribution in [3.05, 3.63) is 157 Å². The van der Waals surface area contributed by atoms with E-state index in [-0.39, 0.29) is 0 Å². The number of benzene rings is 6. The average Bonchev–Trinajstić information content (AvgIpc) is 3.16. The van der Waals surface area contributed by atoms with Gasteiger partial charge in [-0.3, -0.25) is 0 Å².